The van der Waals surface area contributed by atoms with Crippen LogP contribution < -0.4 is 10.1 Å². The van der Waals surface area contributed by atoms with Crippen molar-refractivity contribution < 1.29 is 4.74 Å². The Kier molecular flexibility index (Phi) is 7.25. The monoisotopic (exact) mass is 283 g/mol. The van der Waals surface area contributed by atoms with Gasteiger partial charge in [0.05, 0.1) is 12.1 Å². The van der Waals surface area contributed by atoms with Crippen LogP contribution in [0.3, 0.4) is 0 Å². The largest absolute Gasteiger partial charge is 0.495 e. The Hall–Kier alpha value is -0.730. The molecule has 2 nitrogen and oxygen atoms in total. The third-order valence-corrected chi connectivity index (χ3v) is 3.95. The van der Waals surface area contributed by atoms with Crippen LogP contribution in [0.2, 0.25) is 5.02 Å². The Labute approximate surface area is 122 Å². The molecule has 108 valence electrons. The summed E-state index contributed by atoms with van der Waals surface area (Å²) < 4.78 is 5.32. The minimum Gasteiger partial charge on any atom is -0.495 e. The summed E-state index contributed by atoms with van der Waals surface area (Å²) in [6.07, 6.45) is 4.91. The maximum Gasteiger partial charge on any atom is 0.137 e. The number of halogens is 1. The maximum absolute atomic E-state index is 6.10. The lowest BCUT2D eigenvalue weighted by molar-refractivity contribution is 0.329. The first-order valence-corrected chi connectivity index (χ1v) is 7.56. The molecule has 19 heavy (non-hydrogen) atoms. The summed E-state index contributed by atoms with van der Waals surface area (Å²) in [5, 5.41) is 4.13. The van der Waals surface area contributed by atoms with E-state index in [1.165, 1.54) is 31.2 Å². The Morgan fingerprint density at radius 2 is 1.84 bits per heavy atom. The second-order valence-corrected chi connectivity index (χ2v) is 5.40. The van der Waals surface area contributed by atoms with Gasteiger partial charge in [0.2, 0.25) is 0 Å². The van der Waals surface area contributed by atoms with Gasteiger partial charge in [0, 0.05) is 6.04 Å². The molecule has 0 saturated carbocycles. The zero-order valence-electron chi connectivity index (χ0n) is 12.5. The van der Waals surface area contributed by atoms with E-state index in [0.29, 0.717) is 17.0 Å². The van der Waals surface area contributed by atoms with E-state index < -0.39 is 0 Å². The third-order valence-electron chi connectivity index (χ3n) is 3.64. The van der Waals surface area contributed by atoms with E-state index in [1.807, 2.05) is 13.1 Å². The fraction of sp³-hybridized carbons (Fsp3) is 0.625. The molecule has 0 fully saturated rings. The molecule has 0 spiro atoms. The molecular weight excluding hydrogens is 258 g/mol. The zero-order chi connectivity index (χ0) is 14.3. The summed E-state index contributed by atoms with van der Waals surface area (Å²) in [6, 6.07) is 6.45. The molecule has 0 aliphatic rings. The number of hydrogen-bond donors (Lipinski definition) is 1. The van der Waals surface area contributed by atoms with Crippen LogP contribution in [0.15, 0.2) is 18.2 Å². The van der Waals surface area contributed by atoms with Crippen molar-refractivity contribution in [2.24, 2.45) is 5.92 Å². The molecule has 0 saturated heterocycles. The van der Waals surface area contributed by atoms with E-state index in [-0.39, 0.29) is 0 Å². The normalized spacial score (nSPS) is 12.7. The summed E-state index contributed by atoms with van der Waals surface area (Å²) in [6.45, 7) is 4.50. The van der Waals surface area contributed by atoms with Crippen molar-refractivity contribution in [3.8, 4) is 5.75 Å². The minimum absolute atomic E-state index is 0.367. The molecular formula is C16H26ClNO. The van der Waals surface area contributed by atoms with Gasteiger partial charge < -0.3 is 10.1 Å². The lowest BCUT2D eigenvalue weighted by atomic mass is 9.86. The summed E-state index contributed by atoms with van der Waals surface area (Å²) in [7, 11) is 3.69. The standard InChI is InChI=1S/C16H26ClNO/c1-5-7-12(8-6-2)16(18-3)13-9-10-14(17)15(11-13)19-4/h9-12,16,18H,5-8H2,1-4H3. The van der Waals surface area contributed by atoms with Gasteiger partial charge in [0.25, 0.3) is 0 Å². The van der Waals surface area contributed by atoms with Crippen molar-refractivity contribution in [2.45, 2.75) is 45.6 Å². The Morgan fingerprint density at radius 3 is 2.32 bits per heavy atom. The SMILES string of the molecule is CCCC(CCC)C(NC)c1ccc(Cl)c(OC)c1. The number of nitrogens with one attached hydrogen (secondary N) is 1. The number of rotatable bonds is 8. The highest BCUT2D eigenvalue weighted by molar-refractivity contribution is 6.32. The molecule has 1 aromatic carbocycles. The van der Waals surface area contributed by atoms with E-state index in [9.17, 15) is 0 Å². The minimum atomic E-state index is 0.367. The molecule has 0 aromatic heterocycles. The van der Waals surface area contributed by atoms with Gasteiger partial charge in [-0.15, -0.1) is 0 Å². The number of methoxy groups -OCH3 is 1. The Bertz CT molecular complexity index is 375. The smallest absolute Gasteiger partial charge is 0.137 e. The van der Waals surface area contributed by atoms with Gasteiger partial charge in [-0.3, -0.25) is 0 Å². The second kappa shape index (κ2) is 8.44. The summed E-state index contributed by atoms with van der Waals surface area (Å²) in [4.78, 5) is 0. The molecule has 1 rings (SSSR count). The van der Waals surface area contributed by atoms with Gasteiger partial charge in [0.15, 0.2) is 0 Å². The van der Waals surface area contributed by atoms with Gasteiger partial charge in [-0.1, -0.05) is 44.4 Å². The van der Waals surface area contributed by atoms with E-state index in [2.05, 4.69) is 31.3 Å². The highest BCUT2D eigenvalue weighted by atomic mass is 35.5. The molecule has 1 unspecified atom stereocenters. The number of hydrogen-bond acceptors (Lipinski definition) is 2. The highest BCUT2D eigenvalue weighted by Crippen LogP contribution is 2.33. The van der Waals surface area contributed by atoms with Gasteiger partial charge in [0.1, 0.15) is 5.75 Å². The van der Waals surface area contributed by atoms with Crippen LogP contribution in [-0.2, 0) is 0 Å². The van der Waals surface area contributed by atoms with Crippen LogP contribution in [0.4, 0.5) is 0 Å². The van der Waals surface area contributed by atoms with Crippen LogP contribution in [0.5, 0.6) is 5.75 Å². The molecule has 1 atom stereocenters. The van der Waals surface area contributed by atoms with E-state index in [4.69, 9.17) is 16.3 Å². The van der Waals surface area contributed by atoms with Crippen LogP contribution in [0.1, 0.15) is 51.1 Å². The average molecular weight is 284 g/mol. The first-order valence-electron chi connectivity index (χ1n) is 7.18. The first-order chi connectivity index (χ1) is 9.17. The zero-order valence-corrected chi connectivity index (χ0v) is 13.3. The van der Waals surface area contributed by atoms with Gasteiger partial charge in [-0.2, -0.15) is 0 Å². The van der Waals surface area contributed by atoms with Crippen LogP contribution in [0, 0.1) is 5.92 Å². The Balaban J connectivity index is 2.99. The van der Waals surface area contributed by atoms with Gasteiger partial charge in [-0.25, -0.2) is 0 Å². The predicted octanol–water partition coefficient (Wildman–Crippen LogP) is 4.83. The van der Waals surface area contributed by atoms with Crippen LogP contribution in [0.25, 0.3) is 0 Å². The summed E-state index contributed by atoms with van der Waals surface area (Å²) in [5.74, 6) is 1.41. The first kappa shape index (κ1) is 16.3. The van der Waals surface area contributed by atoms with Crippen LogP contribution >= 0.6 is 11.6 Å². The van der Waals surface area contributed by atoms with Crippen molar-refractivity contribution >= 4 is 11.6 Å². The quantitative estimate of drug-likeness (QED) is 0.738. The highest BCUT2D eigenvalue weighted by Gasteiger charge is 2.21. The van der Waals surface area contributed by atoms with Crippen molar-refractivity contribution in [3.05, 3.63) is 28.8 Å². The molecule has 1 N–H and O–H groups in total. The molecule has 0 radical (unpaired) electrons. The van der Waals surface area contributed by atoms with E-state index in [1.54, 1.807) is 7.11 Å². The summed E-state index contributed by atoms with van der Waals surface area (Å²) >= 11 is 6.10. The van der Waals surface area contributed by atoms with Gasteiger partial charge in [-0.05, 0) is 43.5 Å². The van der Waals surface area contributed by atoms with Gasteiger partial charge >= 0.3 is 0 Å². The lowest BCUT2D eigenvalue weighted by Gasteiger charge is -2.27. The van der Waals surface area contributed by atoms with Crippen molar-refractivity contribution in [3.63, 3.8) is 0 Å². The molecule has 3 heteroatoms. The molecule has 0 amide bonds. The van der Waals surface area contributed by atoms with Crippen molar-refractivity contribution in [1.29, 1.82) is 0 Å². The van der Waals surface area contributed by atoms with Crippen molar-refractivity contribution in [1.82, 2.24) is 5.32 Å². The van der Waals surface area contributed by atoms with E-state index >= 15 is 0 Å². The Morgan fingerprint density at radius 1 is 1.21 bits per heavy atom. The topological polar surface area (TPSA) is 21.3 Å². The summed E-state index contributed by atoms with van der Waals surface area (Å²) in [5.41, 5.74) is 1.26. The molecule has 1 aromatic rings. The fourth-order valence-corrected chi connectivity index (χ4v) is 2.96. The number of benzene rings is 1. The van der Waals surface area contributed by atoms with Crippen molar-refractivity contribution in [2.75, 3.05) is 14.2 Å². The molecule has 0 bridgehead atoms. The molecule has 0 aliphatic heterocycles. The number of ether oxygens (including phenoxy) is 1. The third kappa shape index (κ3) is 4.39. The molecule has 0 heterocycles. The fourth-order valence-electron chi connectivity index (χ4n) is 2.76. The van der Waals surface area contributed by atoms with Crippen LogP contribution in [-0.4, -0.2) is 14.2 Å². The molecule has 0 aliphatic carbocycles. The predicted molar refractivity (Wildman–Crippen MR) is 83.1 cm³/mol. The van der Waals surface area contributed by atoms with E-state index in [0.717, 1.165) is 5.75 Å². The lowest BCUT2D eigenvalue weighted by Crippen LogP contribution is -2.25. The average Bonchev–Trinajstić information content (AvgIpc) is 2.42. The second-order valence-electron chi connectivity index (χ2n) is 5.00. The maximum atomic E-state index is 6.10.